The first-order chi connectivity index (χ1) is 7.61. The van der Waals surface area contributed by atoms with Gasteiger partial charge in [0.1, 0.15) is 0 Å². The molecule has 0 fully saturated rings. The van der Waals surface area contributed by atoms with Gasteiger partial charge < -0.3 is 9.84 Å². The minimum atomic E-state index is -5.63. The van der Waals surface area contributed by atoms with E-state index in [4.69, 9.17) is 5.11 Å². The van der Waals surface area contributed by atoms with E-state index in [9.17, 15) is 30.7 Å². The molecule has 17 heavy (non-hydrogen) atoms. The van der Waals surface area contributed by atoms with Gasteiger partial charge in [-0.05, 0) is 6.42 Å². The van der Waals surface area contributed by atoms with Crippen LogP contribution in [0.15, 0.2) is 0 Å². The molecule has 0 bridgehead atoms. The lowest BCUT2D eigenvalue weighted by atomic mass is 10.3. The van der Waals surface area contributed by atoms with Crippen LogP contribution in [0.25, 0.3) is 0 Å². The van der Waals surface area contributed by atoms with Gasteiger partial charge >= 0.3 is 12.4 Å². The van der Waals surface area contributed by atoms with E-state index < -0.39 is 25.3 Å². The van der Waals surface area contributed by atoms with Crippen molar-refractivity contribution in [1.82, 2.24) is 0 Å². The highest BCUT2D eigenvalue weighted by atomic mass is 19.4. The maximum atomic E-state index is 11.4. The number of hydrogen-bond acceptors (Lipinski definition) is 2. The fourth-order valence-corrected chi connectivity index (χ4v) is 0.596. The van der Waals surface area contributed by atoms with E-state index in [0.717, 1.165) is 12.8 Å². The highest BCUT2D eigenvalue weighted by Gasteiger charge is 2.58. The largest absolute Gasteiger partial charge is 0.423 e. The van der Waals surface area contributed by atoms with E-state index in [-0.39, 0.29) is 0 Å². The number of rotatable bonds is 4. The first-order valence-electron chi connectivity index (χ1n) is 4.53. The summed E-state index contributed by atoms with van der Waals surface area (Å²) in [4.78, 5) is 0. The normalized spacial score (nSPS) is 12.4. The third kappa shape index (κ3) is 10.3. The van der Waals surface area contributed by atoms with Crippen molar-refractivity contribution in [3.63, 3.8) is 0 Å². The summed E-state index contributed by atoms with van der Waals surface area (Å²) >= 11 is 0. The lowest BCUT2D eigenvalue weighted by molar-refractivity contribution is -0.327. The molecule has 0 saturated heterocycles. The number of alkyl halides is 7. The Hall–Kier alpha value is -0.570. The minimum absolute atomic E-state index is 0.344. The summed E-state index contributed by atoms with van der Waals surface area (Å²) in [5.41, 5.74) is 0. The average Bonchev–Trinajstić information content (AvgIpc) is 2.13. The predicted octanol–water partition coefficient (Wildman–Crippen LogP) is 3.20. The van der Waals surface area contributed by atoms with Gasteiger partial charge in [-0.2, -0.15) is 26.3 Å². The molecule has 0 heterocycles. The van der Waals surface area contributed by atoms with Crippen LogP contribution in [0.2, 0.25) is 0 Å². The lowest BCUT2D eigenvalue weighted by Crippen LogP contribution is -2.44. The van der Waals surface area contributed by atoms with Crippen molar-refractivity contribution in [3.05, 3.63) is 0 Å². The number of aliphatic hydroxyl groups excluding tert-OH is 1. The molecule has 9 heteroatoms. The minimum Gasteiger partial charge on any atom is -0.396 e. The maximum absolute atomic E-state index is 11.4. The zero-order valence-electron chi connectivity index (χ0n) is 8.91. The van der Waals surface area contributed by atoms with Crippen LogP contribution in [0.4, 0.5) is 30.7 Å². The summed E-state index contributed by atoms with van der Waals surface area (Å²) in [5, 5.41) is 8.07. The Labute approximate surface area is 93.4 Å². The van der Waals surface area contributed by atoms with Gasteiger partial charge in [-0.3, -0.25) is 0 Å². The number of hydrogen-bond donors (Lipinski definition) is 1. The van der Waals surface area contributed by atoms with Crippen LogP contribution in [0, 0.1) is 0 Å². The summed E-state index contributed by atoms with van der Waals surface area (Å²) in [5.74, 6) is 0. The smallest absolute Gasteiger partial charge is 0.396 e. The van der Waals surface area contributed by atoms with E-state index in [1.54, 1.807) is 0 Å². The highest BCUT2D eigenvalue weighted by molar-refractivity contribution is 4.75. The lowest BCUT2D eigenvalue weighted by Gasteiger charge is -2.21. The van der Waals surface area contributed by atoms with Gasteiger partial charge in [-0.1, -0.05) is 13.3 Å². The van der Waals surface area contributed by atoms with Crippen molar-refractivity contribution >= 4 is 0 Å². The van der Waals surface area contributed by atoms with Crippen LogP contribution in [-0.2, 0) is 4.74 Å². The van der Waals surface area contributed by atoms with Crippen LogP contribution in [0.1, 0.15) is 19.8 Å². The second-order valence-electron chi connectivity index (χ2n) is 2.82. The number of unbranched alkanes of at least 4 members (excludes halogenated alkanes) is 1. The van der Waals surface area contributed by atoms with E-state index in [1.807, 2.05) is 0 Å². The molecule has 2 nitrogen and oxygen atoms in total. The molecule has 0 spiro atoms. The molecule has 0 aliphatic rings. The quantitative estimate of drug-likeness (QED) is 0.798. The van der Waals surface area contributed by atoms with Gasteiger partial charge in [0.15, 0.2) is 6.86 Å². The van der Waals surface area contributed by atoms with Crippen molar-refractivity contribution < 1.29 is 40.6 Å². The molecule has 0 amide bonds. The van der Waals surface area contributed by atoms with Crippen molar-refractivity contribution in [2.45, 2.75) is 38.2 Å². The first-order valence-corrected chi connectivity index (χ1v) is 4.53. The number of aliphatic hydroxyl groups is 1. The van der Waals surface area contributed by atoms with Crippen LogP contribution in [-0.4, -0.2) is 37.0 Å². The molecular formula is C8H13F7O2. The van der Waals surface area contributed by atoms with Gasteiger partial charge in [0.25, 0.3) is 6.10 Å². The van der Waals surface area contributed by atoms with Gasteiger partial charge in [0, 0.05) is 6.61 Å². The molecule has 1 N–H and O–H groups in total. The van der Waals surface area contributed by atoms with Crippen molar-refractivity contribution in [1.29, 1.82) is 0 Å². The van der Waals surface area contributed by atoms with Gasteiger partial charge in [0.2, 0.25) is 0 Å². The van der Waals surface area contributed by atoms with Crippen LogP contribution in [0.3, 0.4) is 0 Å². The molecule has 0 atom stereocenters. The first kappa shape index (κ1) is 18.8. The van der Waals surface area contributed by atoms with Crippen LogP contribution >= 0.6 is 0 Å². The predicted molar refractivity (Wildman–Crippen MR) is 45.0 cm³/mol. The van der Waals surface area contributed by atoms with E-state index in [2.05, 4.69) is 11.7 Å². The standard InChI is InChI=1S/C4H3F7O.C4H10O/c5-1-12-2(3(6,7)8)4(9,10)11;1-2-3-4-5/h2H,1H2;5H,2-4H2,1H3. The second-order valence-corrected chi connectivity index (χ2v) is 2.82. The summed E-state index contributed by atoms with van der Waals surface area (Å²) in [6.45, 7) is 0.260. The second kappa shape index (κ2) is 8.51. The number of halogens is 7. The Kier molecular flexibility index (Phi) is 9.40. The topological polar surface area (TPSA) is 29.5 Å². The summed E-state index contributed by atoms with van der Waals surface area (Å²) in [6.07, 6.45) is -13.3. The van der Waals surface area contributed by atoms with E-state index in [0.29, 0.717) is 6.61 Å². The van der Waals surface area contributed by atoms with E-state index >= 15 is 0 Å². The molecule has 0 rings (SSSR count). The molecule has 0 aliphatic carbocycles. The Balaban J connectivity index is 0. The Bertz CT molecular complexity index is 162. The zero-order valence-corrected chi connectivity index (χ0v) is 8.91. The third-order valence-corrected chi connectivity index (χ3v) is 1.34. The van der Waals surface area contributed by atoms with Crippen LogP contribution in [0.5, 0.6) is 0 Å². The molecule has 0 saturated carbocycles. The molecule has 0 aromatic rings. The fourth-order valence-electron chi connectivity index (χ4n) is 0.596. The monoisotopic (exact) mass is 274 g/mol. The van der Waals surface area contributed by atoms with Crippen molar-refractivity contribution in [3.8, 4) is 0 Å². The Morgan fingerprint density at radius 3 is 1.53 bits per heavy atom. The van der Waals surface area contributed by atoms with Gasteiger partial charge in [-0.25, -0.2) is 4.39 Å². The summed E-state index contributed by atoms with van der Waals surface area (Å²) in [6, 6.07) is 0. The molecule has 0 aliphatic heterocycles. The molecular weight excluding hydrogens is 261 g/mol. The fraction of sp³-hybridized carbons (Fsp3) is 1.00. The molecule has 0 radical (unpaired) electrons. The van der Waals surface area contributed by atoms with Gasteiger partial charge in [-0.15, -0.1) is 0 Å². The third-order valence-electron chi connectivity index (χ3n) is 1.34. The molecule has 0 unspecified atom stereocenters. The summed E-state index contributed by atoms with van der Waals surface area (Å²) in [7, 11) is 0. The molecule has 0 aromatic carbocycles. The maximum Gasteiger partial charge on any atom is 0.423 e. The highest BCUT2D eigenvalue weighted by Crippen LogP contribution is 2.35. The average molecular weight is 274 g/mol. The van der Waals surface area contributed by atoms with Crippen LogP contribution < -0.4 is 0 Å². The van der Waals surface area contributed by atoms with Crippen molar-refractivity contribution in [2.75, 3.05) is 13.5 Å². The molecule has 0 aromatic heterocycles. The summed E-state index contributed by atoms with van der Waals surface area (Å²) < 4.78 is 82.3. The Morgan fingerprint density at radius 1 is 1.06 bits per heavy atom. The van der Waals surface area contributed by atoms with Crippen molar-refractivity contribution in [2.24, 2.45) is 0 Å². The Morgan fingerprint density at radius 2 is 1.47 bits per heavy atom. The van der Waals surface area contributed by atoms with Gasteiger partial charge in [0.05, 0.1) is 0 Å². The zero-order chi connectivity index (χ0) is 14.1. The molecule has 106 valence electrons. The number of ether oxygens (including phenoxy) is 1. The van der Waals surface area contributed by atoms with E-state index in [1.165, 1.54) is 0 Å². The SMILES string of the molecule is CCCCO.FCOC(C(F)(F)F)C(F)(F)F.